The number of amides is 1. The van der Waals surface area contributed by atoms with Crippen LogP contribution in [0.5, 0.6) is 5.75 Å². The largest absolute Gasteiger partial charge is 0.480 e. The molecule has 0 aromatic heterocycles. The van der Waals surface area contributed by atoms with Crippen LogP contribution in [-0.2, 0) is 4.79 Å². The van der Waals surface area contributed by atoms with Crippen molar-refractivity contribution in [3.05, 3.63) is 64.2 Å². The predicted molar refractivity (Wildman–Crippen MR) is 103 cm³/mol. The predicted octanol–water partition coefficient (Wildman–Crippen LogP) is 4.96. The molecule has 0 aliphatic rings. The first-order chi connectivity index (χ1) is 11.8. The molecule has 2 aromatic rings. The summed E-state index contributed by atoms with van der Waals surface area (Å²) in [5, 5.41) is 3.08. The van der Waals surface area contributed by atoms with Crippen LogP contribution >= 0.6 is 0 Å². The standard InChI is InChI=1S/C22H29NO2/c1-7-20(25-21-10-8-9-15(3)17(21)5)22(24)23-18(6)19-12-11-14(2)16(4)13-19/h8-13,18,20H,7H2,1-6H3,(H,23,24)/t18-,20+/m1/s1. The van der Waals surface area contributed by atoms with Crippen molar-refractivity contribution in [2.75, 3.05) is 0 Å². The van der Waals surface area contributed by atoms with Crippen molar-refractivity contribution >= 4 is 5.91 Å². The molecule has 0 unspecified atom stereocenters. The van der Waals surface area contributed by atoms with Gasteiger partial charge in [0.1, 0.15) is 5.75 Å². The molecule has 0 heterocycles. The minimum absolute atomic E-state index is 0.0527. The van der Waals surface area contributed by atoms with Gasteiger partial charge >= 0.3 is 0 Å². The Balaban J connectivity index is 2.08. The molecular weight excluding hydrogens is 310 g/mol. The van der Waals surface area contributed by atoms with Gasteiger partial charge in [-0.25, -0.2) is 0 Å². The van der Waals surface area contributed by atoms with Gasteiger partial charge < -0.3 is 10.1 Å². The number of nitrogens with one attached hydrogen (secondary N) is 1. The number of hydrogen-bond donors (Lipinski definition) is 1. The van der Waals surface area contributed by atoms with E-state index in [1.165, 1.54) is 11.1 Å². The first-order valence-electron chi connectivity index (χ1n) is 8.93. The Morgan fingerprint density at radius 1 is 1.04 bits per heavy atom. The third kappa shape index (κ3) is 4.62. The fourth-order valence-electron chi connectivity index (χ4n) is 2.75. The van der Waals surface area contributed by atoms with Crippen LogP contribution in [0.25, 0.3) is 0 Å². The van der Waals surface area contributed by atoms with Crippen LogP contribution in [0.2, 0.25) is 0 Å². The quantitative estimate of drug-likeness (QED) is 0.808. The monoisotopic (exact) mass is 339 g/mol. The fraction of sp³-hybridized carbons (Fsp3) is 0.409. The molecule has 25 heavy (non-hydrogen) atoms. The Morgan fingerprint density at radius 2 is 1.76 bits per heavy atom. The van der Waals surface area contributed by atoms with Crippen LogP contribution in [0.4, 0.5) is 0 Å². The second kappa shape index (κ2) is 8.19. The molecule has 0 saturated carbocycles. The van der Waals surface area contributed by atoms with Crippen molar-refractivity contribution in [1.82, 2.24) is 5.32 Å². The molecule has 2 rings (SSSR count). The number of benzene rings is 2. The molecule has 0 radical (unpaired) electrons. The molecule has 0 aliphatic carbocycles. The molecular formula is C22H29NO2. The summed E-state index contributed by atoms with van der Waals surface area (Å²) in [6.07, 6.45) is 0.133. The topological polar surface area (TPSA) is 38.3 Å². The maximum atomic E-state index is 12.7. The van der Waals surface area contributed by atoms with Gasteiger partial charge in [0.2, 0.25) is 0 Å². The summed E-state index contributed by atoms with van der Waals surface area (Å²) in [6.45, 7) is 12.2. The van der Waals surface area contributed by atoms with Crippen LogP contribution in [0, 0.1) is 27.7 Å². The Bertz CT molecular complexity index is 752. The molecule has 1 N–H and O–H groups in total. The van der Waals surface area contributed by atoms with Gasteiger partial charge in [-0.15, -0.1) is 0 Å². The van der Waals surface area contributed by atoms with Crippen LogP contribution in [0.1, 0.15) is 54.1 Å². The van der Waals surface area contributed by atoms with Crippen LogP contribution in [0.15, 0.2) is 36.4 Å². The van der Waals surface area contributed by atoms with E-state index < -0.39 is 6.10 Å². The normalized spacial score (nSPS) is 13.2. The van der Waals surface area contributed by atoms with Crippen LogP contribution in [-0.4, -0.2) is 12.0 Å². The number of ether oxygens (including phenoxy) is 1. The summed E-state index contributed by atoms with van der Waals surface area (Å²) in [5.74, 6) is 0.704. The zero-order valence-corrected chi connectivity index (χ0v) is 16.1. The van der Waals surface area contributed by atoms with Crippen molar-refractivity contribution in [3.63, 3.8) is 0 Å². The first kappa shape index (κ1) is 19.0. The average molecular weight is 339 g/mol. The first-order valence-corrected chi connectivity index (χ1v) is 8.93. The maximum absolute atomic E-state index is 12.7. The molecule has 2 aromatic carbocycles. The van der Waals surface area contributed by atoms with Crippen LogP contribution < -0.4 is 10.1 Å². The van der Waals surface area contributed by atoms with Gasteiger partial charge in [0.15, 0.2) is 6.10 Å². The molecule has 3 nitrogen and oxygen atoms in total. The molecule has 2 atom stereocenters. The minimum atomic E-state index is -0.491. The fourth-order valence-corrected chi connectivity index (χ4v) is 2.75. The summed E-state index contributed by atoms with van der Waals surface area (Å²) in [6, 6.07) is 12.2. The van der Waals surface area contributed by atoms with E-state index in [1.54, 1.807) is 0 Å². The summed E-state index contributed by atoms with van der Waals surface area (Å²) in [7, 11) is 0. The van der Waals surface area contributed by atoms with Gasteiger partial charge in [0.05, 0.1) is 6.04 Å². The number of rotatable bonds is 6. The highest BCUT2D eigenvalue weighted by Gasteiger charge is 2.21. The lowest BCUT2D eigenvalue weighted by atomic mass is 10.0. The number of carbonyl (C=O) groups is 1. The highest BCUT2D eigenvalue weighted by Crippen LogP contribution is 2.23. The summed E-state index contributed by atoms with van der Waals surface area (Å²) >= 11 is 0. The SMILES string of the molecule is CC[C@H](Oc1cccc(C)c1C)C(=O)N[C@H](C)c1ccc(C)c(C)c1. The molecule has 1 amide bonds. The molecule has 0 fully saturated rings. The van der Waals surface area contributed by atoms with Gasteiger partial charge in [-0.3, -0.25) is 4.79 Å². The van der Waals surface area contributed by atoms with E-state index in [-0.39, 0.29) is 11.9 Å². The van der Waals surface area contributed by atoms with E-state index in [2.05, 4.69) is 37.4 Å². The minimum Gasteiger partial charge on any atom is -0.480 e. The van der Waals surface area contributed by atoms with E-state index in [1.807, 2.05) is 45.9 Å². The van der Waals surface area contributed by atoms with Gasteiger partial charge in [-0.1, -0.05) is 37.3 Å². The lowest BCUT2D eigenvalue weighted by Crippen LogP contribution is -2.39. The Labute approximate surface area is 151 Å². The molecule has 0 spiro atoms. The van der Waals surface area contributed by atoms with Gasteiger partial charge in [0, 0.05) is 0 Å². The molecule has 0 bridgehead atoms. The van der Waals surface area contributed by atoms with E-state index in [0.29, 0.717) is 6.42 Å². The average Bonchev–Trinajstić information content (AvgIpc) is 2.58. The number of hydrogen-bond acceptors (Lipinski definition) is 2. The summed E-state index contributed by atoms with van der Waals surface area (Å²) in [4.78, 5) is 12.7. The third-order valence-corrected chi connectivity index (χ3v) is 4.88. The zero-order chi connectivity index (χ0) is 18.6. The lowest BCUT2D eigenvalue weighted by molar-refractivity contribution is -0.128. The van der Waals surface area contributed by atoms with Gasteiger partial charge in [-0.05, 0) is 74.9 Å². The van der Waals surface area contributed by atoms with E-state index in [0.717, 1.165) is 22.4 Å². The third-order valence-electron chi connectivity index (χ3n) is 4.88. The lowest BCUT2D eigenvalue weighted by Gasteiger charge is -2.22. The number of carbonyl (C=O) groups excluding carboxylic acids is 1. The molecule has 134 valence electrons. The second-order valence-electron chi connectivity index (χ2n) is 6.79. The van der Waals surface area contributed by atoms with Gasteiger partial charge in [0.25, 0.3) is 5.91 Å². The Hall–Kier alpha value is -2.29. The Kier molecular flexibility index (Phi) is 6.24. The van der Waals surface area contributed by atoms with Crippen molar-refractivity contribution < 1.29 is 9.53 Å². The molecule has 3 heteroatoms. The summed E-state index contributed by atoms with van der Waals surface area (Å²) < 4.78 is 6.00. The van der Waals surface area contributed by atoms with Crippen molar-refractivity contribution in [2.45, 2.75) is 60.1 Å². The van der Waals surface area contributed by atoms with Crippen molar-refractivity contribution in [3.8, 4) is 5.75 Å². The van der Waals surface area contributed by atoms with E-state index >= 15 is 0 Å². The highest BCUT2D eigenvalue weighted by atomic mass is 16.5. The van der Waals surface area contributed by atoms with Crippen molar-refractivity contribution in [1.29, 1.82) is 0 Å². The van der Waals surface area contributed by atoms with E-state index in [9.17, 15) is 4.79 Å². The van der Waals surface area contributed by atoms with Crippen molar-refractivity contribution in [2.24, 2.45) is 0 Å². The number of aryl methyl sites for hydroxylation is 3. The van der Waals surface area contributed by atoms with Crippen LogP contribution in [0.3, 0.4) is 0 Å². The smallest absolute Gasteiger partial charge is 0.261 e. The summed E-state index contributed by atoms with van der Waals surface area (Å²) in [5.41, 5.74) is 5.84. The Morgan fingerprint density at radius 3 is 2.40 bits per heavy atom. The van der Waals surface area contributed by atoms with E-state index in [4.69, 9.17) is 4.74 Å². The maximum Gasteiger partial charge on any atom is 0.261 e. The molecule has 0 saturated heterocycles. The zero-order valence-electron chi connectivity index (χ0n) is 16.1. The second-order valence-corrected chi connectivity index (χ2v) is 6.79. The highest BCUT2D eigenvalue weighted by molar-refractivity contribution is 5.81. The van der Waals surface area contributed by atoms with Gasteiger partial charge in [-0.2, -0.15) is 0 Å². The molecule has 0 aliphatic heterocycles.